The van der Waals surface area contributed by atoms with Gasteiger partial charge in [-0.05, 0) is 44.2 Å². The summed E-state index contributed by atoms with van der Waals surface area (Å²) in [5.41, 5.74) is 5.94. The molecule has 0 amide bonds. The molecule has 5 heteroatoms. The number of nitrogens with zero attached hydrogens (tertiary/aromatic N) is 1. The predicted molar refractivity (Wildman–Crippen MR) is 85.6 cm³/mol. The number of sulfone groups is 1. The first-order chi connectivity index (χ1) is 9.19. The summed E-state index contributed by atoms with van der Waals surface area (Å²) in [7, 11) is -2.91. The van der Waals surface area contributed by atoms with Crippen LogP contribution in [0.2, 0.25) is 0 Å². The third-order valence-electron chi connectivity index (χ3n) is 4.41. The van der Waals surface area contributed by atoms with Crippen LogP contribution in [-0.4, -0.2) is 50.5 Å². The zero-order chi connectivity index (χ0) is 15.4. The zero-order valence-electron chi connectivity index (χ0n) is 13.6. The van der Waals surface area contributed by atoms with Gasteiger partial charge in [0.15, 0.2) is 0 Å². The molecule has 1 saturated carbocycles. The minimum Gasteiger partial charge on any atom is -0.330 e. The number of hydrogen-bond donors (Lipinski definition) is 1. The van der Waals surface area contributed by atoms with Crippen molar-refractivity contribution < 1.29 is 8.42 Å². The molecular formula is C15H32N2O2S. The van der Waals surface area contributed by atoms with E-state index in [4.69, 9.17) is 5.73 Å². The summed E-state index contributed by atoms with van der Waals surface area (Å²) < 4.78 is 23.6. The van der Waals surface area contributed by atoms with Gasteiger partial charge in [-0.1, -0.05) is 27.2 Å². The molecule has 0 saturated heterocycles. The highest BCUT2D eigenvalue weighted by Crippen LogP contribution is 2.29. The molecule has 2 unspecified atom stereocenters. The van der Waals surface area contributed by atoms with Crippen LogP contribution in [-0.2, 0) is 9.84 Å². The van der Waals surface area contributed by atoms with Crippen molar-refractivity contribution in [3.63, 3.8) is 0 Å². The Morgan fingerprint density at radius 2 is 1.95 bits per heavy atom. The van der Waals surface area contributed by atoms with Gasteiger partial charge in [0.25, 0.3) is 0 Å². The molecule has 1 aliphatic carbocycles. The van der Waals surface area contributed by atoms with Crippen LogP contribution in [0, 0.1) is 5.41 Å². The molecule has 4 nitrogen and oxygen atoms in total. The Morgan fingerprint density at radius 3 is 2.45 bits per heavy atom. The predicted octanol–water partition coefficient (Wildman–Crippen LogP) is 2.04. The molecule has 1 aliphatic rings. The quantitative estimate of drug-likeness (QED) is 0.782. The van der Waals surface area contributed by atoms with Gasteiger partial charge in [-0.2, -0.15) is 0 Å². The first-order valence-corrected chi connectivity index (χ1v) is 9.78. The fraction of sp³-hybridized carbons (Fsp3) is 1.00. The maximum Gasteiger partial charge on any atom is 0.150 e. The average Bonchev–Trinajstić information content (AvgIpc) is 2.37. The lowest BCUT2D eigenvalue weighted by atomic mass is 9.88. The maximum absolute atomic E-state index is 11.8. The van der Waals surface area contributed by atoms with E-state index >= 15 is 0 Å². The molecule has 2 atom stereocenters. The lowest BCUT2D eigenvalue weighted by molar-refractivity contribution is 0.108. The lowest BCUT2D eigenvalue weighted by Gasteiger charge is -2.40. The van der Waals surface area contributed by atoms with Crippen molar-refractivity contribution >= 4 is 9.84 Å². The van der Waals surface area contributed by atoms with Gasteiger partial charge in [0.2, 0.25) is 0 Å². The van der Waals surface area contributed by atoms with E-state index in [1.165, 1.54) is 6.26 Å². The molecule has 0 aromatic heterocycles. The van der Waals surface area contributed by atoms with Gasteiger partial charge in [-0.25, -0.2) is 8.42 Å². The molecule has 0 spiro atoms. The summed E-state index contributed by atoms with van der Waals surface area (Å²) in [5, 5.41) is -0.151. The molecule has 1 fully saturated rings. The number of nitrogens with two attached hydrogens (primary N) is 1. The topological polar surface area (TPSA) is 63.4 Å². The fourth-order valence-corrected chi connectivity index (χ4v) is 4.30. The Balaban J connectivity index is 2.76. The fourth-order valence-electron chi connectivity index (χ4n) is 3.13. The molecule has 0 aromatic carbocycles. The Hall–Kier alpha value is -0.130. The number of rotatable bonds is 7. The average molecular weight is 304 g/mol. The molecule has 2 N–H and O–H groups in total. The SMILES string of the molecule is CCCN(CC(C)(C)CN)C1CCCC(S(C)(=O)=O)C1. The molecule has 120 valence electrons. The van der Waals surface area contributed by atoms with Crippen molar-refractivity contribution in [2.75, 3.05) is 25.9 Å². The largest absolute Gasteiger partial charge is 0.330 e. The van der Waals surface area contributed by atoms with E-state index in [9.17, 15) is 8.42 Å². The highest BCUT2D eigenvalue weighted by molar-refractivity contribution is 7.91. The third kappa shape index (κ3) is 5.34. The van der Waals surface area contributed by atoms with E-state index in [-0.39, 0.29) is 10.7 Å². The van der Waals surface area contributed by atoms with Crippen molar-refractivity contribution in [1.29, 1.82) is 0 Å². The van der Waals surface area contributed by atoms with Crippen LogP contribution in [0.1, 0.15) is 52.9 Å². The van der Waals surface area contributed by atoms with Gasteiger partial charge in [-0.3, -0.25) is 4.90 Å². The van der Waals surface area contributed by atoms with Gasteiger partial charge in [0.1, 0.15) is 9.84 Å². The summed E-state index contributed by atoms with van der Waals surface area (Å²) in [6, 6.07) is 0.397. The van der Waals surface area contributed by atoms with Crippen LogP contribution in [0.5, 0.6) is 0 Å². The van der Waals surface area contributed by atoms with E-state index in [0.717, 1.165) is 45.2 Å². The van der Waals surface area contributed by atoms with Crippen LogP contribution in [0.15, 0.2) is 0 Å². The summed E-state index contributed by atoms with van der Waals surface area (Å²) in [6.45, 7) is 9.21. The second-order valence-corrected chi connectivity index (χ2v) is 9.44. The van der Waals surface area contributed by atoms with E-state index < -0.39 is 9.84 Å². The van der Waals surface area contributed by atoms with E-state index in [1.54, 1.807) is 0 Å². The summed E-state index contributed by atoms with van der Waals surface area (Å²) in [6.07, 6.45) is 6.24. The van der Waals surface area contributed by atoms with Crippen molar-refractivity contribution in [3.8, 4) is 0 Å². The van der Waals surface area contributed by atoms with Crippen molar-refractivity contribution in [1.82, 2.24) is 4.90 Å². The zero-order valence-corrected chi connectivity index (χ0v) is 14.4. The molecule has 0 aliphatic heterocycles. The second-order valence-electron chi connectivity index (χ2n) is 7.11. The van der Waals surface area contributed by atoms with Crippen molar-refractivity contribution in [2.24, 2.45) is 11.1 Å². The van der Waals surface area contributed by atoms with Crippen LogP contribution in [0.4, 0.5) is 0 Å². The Labute approximate surface area is 125 Å². The molecule has 0 heterocycles. The molecule has 0 radical (unpaired) electrons. The summed E-state index contributed by atoms with van der Waals surface area (Å²) >= 11 is 0. The van der Waals surface area contributed by atoms with Gasteiger partial charge < -0.3 is 5.73 Å². The van der Waals surface area contributed by atoms with Crippen molar-refractivity contribution in [2.45, 2.75) is 64.2 Å². The van der Waals surface area contributed by atoms with Crippen LogP contribution < -0.4 is 5.73 Å². The Bertz CT molecular complexity index is 393. The van der Waals surface area contributed by atoms with Gasteiger partial charge in [0, 0.05) is 18.8 Å². The Morgan fingerprint density at radius 1 is 1.30 bits per heavy atom. The summed E-state index contributed by atoms with van der Waals surface area (Å²) in [4.78, 5) is 2.48. The van der Waals surface area contributed by atoms with Crippen LogP contribution in [0.3, 0.4) is 0 Å². The first-order valence-electron chi connectivity index (χ1n) is 7.82. The van der Waals surface area contributed by atoms with E-state index in [2.05, 4.69) is 25.7 Å². The molecular weight excluding hydrogens is 272 g/mol. The van der Waals surface area contributed by atoms with Crippen LogP contribution >= 0.6 is 0 Å². The molecule has 0 bridgehead atoms. The second kappa shape index (κ2) is 7.23. The first kappa shape index (κ1) is 17.9. The molecule has 20 heavy (non-hydrogen) atoms. The van der Waals surface area contributed by atoms with E-state index in [1.807, 2.05) is 0 Å². The van der Waals surface area contributed by atoms with Crippen molar-refractivity contribution in [3.05, 3.63) is 0 Å². The Kier molecular flexibility index (Phi) is 6.48. The normalized spacial score (nSPS) is 25.1. The molecule has 0 aromatic rings. The minimum absolute atomic E-state index is 0.0905. The van der Waals surface area contributed by atoms with Gasteiger partial charge in [-0.15, -0.1) is 0 Å². The highest BCUT2D eigenvalue weighted by Gasteiger charge is 2.33. The third-order valence-corrected chi connectivity index (χ3v) is 6.05. The minimum atomic E-state index is -2.91. The van der Waals surface area contributed by atoms with Gasteiger partial charge >= 0.3 is 0 Å². The highest BCUT2D eigenvalue weighted by atomic mass is 32.2. The summed E-state index contributed by atoms with van der Waals surface area (Å²) in [5.74, 6) is 0. The van der Waals surface area contributed by atoms with Crippen LogP contribution in [0.25, 0.3) is 0 Å². The van der Waals surface area contributed by atoms with E-state index in [0.29, 0.717) is 12.6 Å². The maximum atomic E-state index is 11.8. The smallest absolute Gasteiger partial charge is 0.150 e. The lowest BCUT2D eigenvalue weighted by Crippen LogP contribution is -2.47. The monoisotopic (exact) mass is 304 g/mol. The standard InChI is InChI=1S/C15H32N2O2S/c1-5-9-17(12-15(2,3)11-16)13-7-6-8-14(10-13)20(4,18)19/h13-14H,5-12,16H2,1-4H3. The van der Waals surface area contributed by atoms with Gasteiger partial charge in [0.05, 0.1) is 5.25 Å². The molecule has 1 rings (SSSR count). The number of hydrogen-bond acceptors (Lipinski definition) is 4.